The number of nitrogens with one attached hydrogen (secondary N) is 1. The van der Waals surface area contributed by atoms with Crippen molar-refractivity contribution in [3.8, 4) is 5.69 Å². The lowest BCUT2D eigenvalue weighted by molar-refractivity contribution is 0.252. The molecule has 3 nitrogen and oxygen atoms in total. The first-order valence-electron chi connectivity index (χ1n) is 7.25. The molecule has 0 bridgehead atoms. The van der Waals surface area contributed by atoms with Crippen molar-refractivity contribution in [1.82, 2.24) is 14.9 Å². The number of hydrogen-bond donors (Lipinski definition) is 1. The molecule has 0 fully saturated rings. The third-order valence-corrected chi connectivity index (χ3v) is 4.00. The summed E-state index contributed by atoms with van der Waals surface area (Å²) in [5.74, 6) is 0.660. The number of hydrogen-bond acceptors (Lipinski definition) is 2. The van der Waals surface area contributed by atoms with Gasteiger partial charge in [-0.15, -0.1) is 0 Å². The van der Waals surface area contributed by atoms with Crippen molar-refractivity contribution >= 4 is 0 Å². The van der Waals surface area contributed by atoms with Crippen molar-refractivity contribution in [3.05, 3.63) is 48.5 Å². The summed E-state index contributed by atoms with van der Waals surface area (Å²) < 4.78 is 2.01. The first-order valence-corrected chi connectivity index (χ1v) is 7.25. The van der Waals surface area contributed by atoms with Gasteiger partial charge in [0.15, 0.2) is 0 Å². The topological polar surface area (TPSA) is 29.9 Å². The second-order valence-electron chi connectivity index (χ2n) is 6.53. The van der Waals surface area contributed by atoms with Crippen LogP contribution < -0.4 is 5.32 Å². The Bertz CT molecular complexity index is 506. The van der Waals surface area contributed by atoms with E-state index in [0.717, 1.165) is 18.8 Å². The summed E-state index contributed by atoms with van der Waals surface area (Å²) in [4.78, 5) is 4.06. The largest absolute Gasteiger partial charge is 0.312 e. The van der Waals surface area contributed by atoms with E-state index < -0.39 is 0 Å². The standard InChI is InChI=1S/C17H25N3/c1-14(17(2,3)4)11-19-12-15-5-7-16(8-6-15)20-10-9-18-13-20/h5-10,13-14,19H,11-12H2,1-4H3. The summed E-state index contributed by atoms with van der Waals surface area (Å²) in [7, 11) is 0. The van der Waals surface area contributed by atoms with Gasteiger partial charge >= 0.3 is 0 Å². The van der Waals surface area contributed by atoms with Crippen LogP contribution in [-0.2, 0) is 6.54 Å². The highest BCUT2D eigenvalue weighted by Crippen LogP contribution is 2.24. The van der Waals surface area contributed by atoms with E-state index in [-0.39, 0.29) is 0 Å². The molecule has 3 heteroatoms. The molecule has 1 unspecified atom stereocenters. The summed E-state index contributed by atoms with van der Waals surface area (Å²) in [6.45, 7) is 11.1. The number of benzene rings is 1. The lowest BCUT2D eigenvalue weighted by atomic mass is 9.82. The number of imidazole rings is 1. The Morgan fingerprint density at radius 3 is 2.45 bits per heavy atom. The second kappa shape index (κ2) is 6.23. The average Bonchev–Trinajstić information content (AvgIpc) is 2.92. The van der Waals surface area contributed by atoms with Crippen LogP contribution in [0.3, 0.4) is 0 Å². The molecule has 0 spiro atoms. The van der Waals surface area contributed by atoms with Crippen LogP contribution in [-0.4, -0.2) is 16.1 Å². The van der Waals surface area contributed by atoms with Crippen LogP contribution in [0, 0.1) is 11.3 Å². The van der Waals surface area contributed by atoms with Gasteiger partial charge in [0.05, 0.1) is 6.33 Å². The van der Waals surface area contributed by atoms with Crippen molar-refractivity contribution in [2.45, 2.75) is 34.2 Å². The summed E-state index contributed by atoms with van der Waals surface area (Å²) >= 11 is 0. The molecule has 1 aromatic carbocycles. The Balaban J connectivity index is 1.86. The van der Waals surface area contributed by atoms with Crippen molar-refractivity contribution < 1.29 is 0 Å². The van der Waals surface area contributed by atoms with Crippen LogP contribution >= 0.6 is 0 Å². The molecular formula is C17H25N3. The number of aromatic nitrogens is 2. The SMILES string of the molecule is CC(CNCc1ccc(-n2ccnc2)cc1)C(C)(C)C. The molecular weight excluding hydrogens is 246 g/mol. The van der Waals surface area contributed by atoms with Crippen LogP contribution in [0.2, 0.25) is 0 Å². The minimum Gasteiger partial charge on any atom is -0.312 e. The minimum absolute atomic E-state index is 0.359. The maximum atomic E-state index is 4.06. The number of nitrogens with zero attached hydrogens (tertiary/aromatic N) is 2. The Morgan fingerprint density at radius 2 is 1.90 bits per heavy atom. The fraction of sp³-hybridized carbons (Fsp3) is 0.471. The van der Waals surface area contributed by atoms with Gasteiger partial charge in [0, 0.05) is 24.6 Å². The van der Waals surface area contributed by atoms with E-state index in [1.54, 1.807) is 6.20 Å². The van der Waals surface area contributed by atoms with Crippen molar-refractivity contribution in [1.29, 1.82) is 0 Å². The van der Waals surface area contributed by atoms with Crippen molar-refractivity contribution in [2.24, 2.45) is 11.3 Å². The molecule has 1 heterocycles. The third-order valence-electron chi connectivity index (χ3n) is 4.00. The third kappa shape index (κ3) is 3.94. The zero-order chi connectivity index (χ0) is 14.6. The van der Waals surface area contributed by atoms with Gasteiger partial charge in [0.1, 0.15) is 0 Å². The van der Waals surface area contributed by atoms with Gasteiger partial charge in [0.2, 0.25) is 0 Å². The van der Waals surface area contributed by atoms with Crippen molar-refractivity contribution in [3.63, 3.8) is 0 Å². The van der Waals surface area contributed by atoms with E-state index in [1.165, 1.54) is 5.56 Å². The van der Waals surface area contributed by atoms with Gasteiger partial charge < -0.3 is 9.88 Å². The normalized spacial score (nSPS) is 13.4. The Morgan fingerprint density at radius 1 is 1.20 bits per heavy atom. The summed E-state index contributed by atoms with van der Waals surface area (Å²) in [6.07, 6.45) is 5.57. The minimum atomic E-state index is 0.359. The first-order chi connectivity index (χ1) is 9.47. The molecule has 20 heavy (non-hydrogen) atoms. The van der Waals surface area contributed by atoms with E-state index in [4.69, 9.17) is 0 Å². The van der Waals surface area contributed by atoms with Crippen LogP contribution in [0.15, 0.2) is 43.0 Å². The van der Waals surface area contributed by atoms with Gasteiger partial charge in [-0.05, 0) is 35.6 Å². The molecule has 0 aliphatic rings. The average molecular weight is 271 g/mol. The molecule has 2 aromatic rings. The maximum absolute atomic E-state index is 4.06. The Hall–Kier alpha value is -1.61. The Kier molecular flexibility index (Phi) is 4.61. The molecule has 0 aliphatic heterocycles. The molecule has 108 valence electrons. The molecule has 0 amide bonds. The highest BCUT2D eigenvalue weighted by molar-refractivity contribution is 5.34. The van der Waals surface area contributed by atoms with Gasteiger partial charge in [-0.1, -0.05) is 39.8 Å². The lowest BCUT2D eigenvalue weighted by Gasteiger charge is -2.27. The summed E-state index contributed by atoms with van der Waals surface area (Å²) in [6, 6.07) is 8.60. The molecule has 1 aromatic heterocycles. The zero-order valence-electron chi connectivity index (χ0n) is 12.9. The summed E-state index contributed by atoms with van der Waals surface area (Å²) in [5, 5.41) is 3.54. The highest BCUT2D eigenvalue weighted by atomic mass is 15.0. The van der Waals surface area contributed by atoms with Crippen LogP contribution in [0.4, 0.5) is 0 Å². The van der Waals surface area contributed by atoms with E-state index in [2.05, 4.69) is 62.3 Å². The zero-order valence-corrected chi connectivity index (χ0v) is 12.9. The predicted molar refractivity (Wildman–Crippen MR) is 83.9 cm³/mol. The van der Waals surface area contributed by atoms with Crippen LogP contribution in [0.5, 0.6) is 0 Å². The quantitative estimate of drug-likeness (QED) is 0.899. The summed E-state index contributed by atoms with van der Waals surface area (Å²) in [5.41, 5.74) is 2.82. The fourth-order valence-electron chi connectivity index (χ4n) is 1.94. The van der Waals surface area contributed by atoms with Crippen LogP contribution in [0.1, 0.15) is 33.3 Å². The second-order valence-corrected chi connectivity index (χ2v) is 6.53. The van der Waals surface area contributed by atoms with E-state index in [9.17, 15) is 0 Å². The predicted octanol–water partition coefficient (Wildman–Crippen LogP) is 3.64. The van der Waals surface area contributed by atoms with Gasteiger partial charge in [-0.2, -0.15) is 0 Å². The van der Waals surface area contributed by atoms with E-state index in [0.29, 0.717) is 11.3 Å². The Labute approximate surface area is 122 Å². The van der Waals surface area contributed by atoms with Gasteiger partial charge in [0.25, 0.3) is 0 Å². The fourth-order valence-corrected chi connectivity index (χ4v) is 1.94. The molecule has 0 saturated carbocycles. The monoisotopic (exact) mass is 271 g/mol. The van der Waals surface area contributed by atoms with E-state index in [1.807, 2.05) is 17.1 Å². The molecule has 2 rings (SSSR count). The molecule has 0 saturated heterocycles. The first kappa shape index (κ1) is 14.8. The molecule has 0 radical (unpaired) electrons. The highest BCUT2D eigenvalue weighted by Gasteiger charge is 2.18. The lowest BCUT2D eigenvalue weighted by Crippen LogP contribution is -2.29. The van der Waals surface area contributed by atoms with Gasteiger partial charge in [-0.25, -0.2) is 4.98 Å². The maximum Gasteiger partial charge on any atom is 0.0991 e. The molecule has 1 N–H and O–H groups in total. The van der Waals surface area contributed by atoms with Crippen molar-refractivity contribution in [2.75, 3.05) is 6.54 Å². The number of rotatable bonds is 5. The smallest absolute Gasteiger partial charge is 0.0991 e. The van der Waals surface area contributed by atoms with E-state index >= 15 is 0 Å². The van der Waals surface area contributed by atoms with Crippen LogP contribution in [0.25, 0.3) is 5.69 Å². The molecule has 0 aliphatic carbocycles. The van der Waals surface area contributed by atoms with Gasteiger partial charge in [-0.3, -0.25) is 0 Å². The molecule has 1 atom stereocenters.